The van der Waals surface area contributed by atoms with Gasteiger partial charge in [0.2, 0.25) is 0 Å². The smallest absolute Gasteiger partial charge is 0.268 e. The molecule has 0 saturated carbocycles. The Morgan fingerprint density at radius 2 is 1.81 bits per heavy atom. The molecule has 5 aromatic rings. The van der Waals surface area contributed by atoms with Gasteiger partial charge in [-0.25, -0.2) is 12.4 Å². The molecule has 162 valence electrons. The highest BCUT2D eigenvalue weighted by Gasteiger charge is 2.27. The van der Waals surface area contributed by atoms with E-state index in [4.69, 9.17) is 4.74 Å². The number of ether oxygens (including phenoxy) is 1. The first-order chi connectivity index (χ1) is 15.4. The van der Waals surface area contributed by atoms with Gasteiger partial charge in [-0.05, 0) is 61.0 Å². The molecule has 0 spiro atoms. The van der Waals surface area contributed by atoms with Gasteiger partial charge in [0.15, 0.2) is 0 Å². The van der Waals surface area contributed by atoms with Crippen LogP contribution in [0.25, 0.3) is 21.8 Å². The zero-order chi connectivity index (χ0) is 22.5. The molecule has 0 bridgehead atoms. The number of aliphatic hydroxyl groups is 1. The zero-order valence-electron chi connectivity index (χ0n) is 17.5. The first kappa shape index (κ1) is 20.3. The lowest BCUT2D eigenvalue weighted by molar-refractivity contribution is 0.215. The number of hydrogen-bond acceptors (Lipinski definition) is 5. The molecule has 0 radical (unpaired) electrons. The van der Waals surface area contributed by atoms with Gasteiger partial charge in [0.05, 0.1) is 34.4 Å². The molecule has 8 heteroatoms. The van der Waals surface area contributed by atoms with E-state index in [1.54, 1.807) is 67.8 Å². The highest BCUT2D eigenvalue weighted by Crippen LogP contribution is 2.34. The van der Waals surface area contributed by atoms with E-state index >= 15 is 0 Å². The van der Waals surface area contributed by atoms with Gasteiger partial charge in [-0.15, -0.1) is 0 Å². The van der Waals surface area contributed by atoms with Crippen molar-refractivity contribution >= 4 is 31.8 Å². The molecule has 32 heavy (non-hydrogen) atoms. The molecule has 0 saturated heterocycles. The van der Waals surface area contributed by atoms with E-state index in [9.17, 15) is 13.5 Å². The Hall–Kier alpha value is -3.62. The first-order valence-electron chi connectivity index (χ1n) is 10.0. The Morgan fingerprint density at radius 1 is 1.03 bits per heavy atom. The first-order valence-corrected chi connectivity index (χ1v) is 11.5. The van der Waals surface area contributed by atoms with E-state index < -0.39 is 16.1 Å². The number of nitrogens with one attached hydrogen (secondary N) is 1. The molecule has 0 aliphatic rings. The quantitative estimate of drug-likeness (QED) is 0.422. The van der Waals surface area contributed by atoms with Crippen molar-refractivity contribution in [2.45, 2.75) is 17.9 Å². The molecule has 0 aliphatic carbocycles. The van der Waals surface area contributed by atoms with E-state index in [1.165, 1.54) is 3.97 Å². The van der Waals surface area contributed by atoms with Crippen LogP contribution in [0.3, 0.4) is 0 Å². The van der Waals surface area contributed by atoms with Gasteiger partial charge in [0, 0.05) is 10.8 Å². The molecule has 0 amide bonds. The number of aliphatic hydroxyl groups excluding tert-OH is 1. The van der Waals surface area contributed by atoms with E-state index in [1.807, 2.05) is 19.1 Å². The van der Waals surface area contributed by atoms with Crippen LogP contribution in [-0.2, 0) is 10.0 Å². The Kier molecular flexibility index (Phi) is 4.76. The summed E-state index contributed by atoms with van der Waals surface area (Å²) in [6, 6.07) is 20.5. The number of methoxy groups -OCH3 is 1. The highest BCUT2D eigenvalue weighted by molar-refractivity contribution is 7.90. The Labute approximate surface area is 184 Å². The fourth-order valence-corrected chi connectivity index (χ4v) is 5.54. The van der Waals surface area contributed by atoms with Crippen molar-refractivity contribution in [2.75, 3.05) is 7.11 Å². The third kappa shape index (κ3) is 3.16. The number of fused-ring (bicyclic) bond motifs is 2. The van der Waals surface area contributed by atoms with Crippen LogP contribution in [0.4, 0.5) is 0 Å². The number of aromatic nitrogens is 3. The molecular formula is C24H21N3O4S. The maximum absolute atomic E-state index is 13.7. The molecule has 0 fully saturated rings. The van der Waals surface area contributed by atoms with Crippen LogP contribution in [-0.4, -0.2) is 34.8 Å². The minimum Gasteiger partial charge on any atom is -0.497 e. The van der Waals surface area contributed by atoms with Crippen molar-refractivity contribution in [3.8, 4) is 5.75 Å². The number of aryl methyl sites for hydroxylation is 1. The summed E-state index contributed by atoms with van der Waals surface area (Å²) < 4.78 is 33.8. The number of aromatic amines is 1. The van der Waals surface area contributed by atoms with Crippen LogP contribution < -0.4 is 4.74 Å². The Morgan fingerprint density at radius 3 is 2.56 bits per heavy atom. The molecule has 1 unspecified atom stereocenters. The summed E-state index contributed by atoms with van der Waals surface area (Å²) in [5, 5.41) is 20.0. The summed E-state index contributed by atoms with van der Waals surface area (Å²) >= 11 is 0. The van der Waals surface area contributed by atoms with Gasteiger partial charge in [0.25, 0.3) is 10.0 Å². The van der Waals surface area contributed by atoms with Gasteiger partial charge in [-0.1, -0.05) is 24.3 Å². The zero-order valence-corrected chi connectivity index (χ0v) is 18.3. The third-order valence-corrected chi connectivity index (χ3v) is 7.40. The van der Waals surface area contributed by atoms with Crippen molar-refractivity contribution in [1.29, 1.82) is 0 Å². The van der Waals surface area contributed by atoms with Crippen molar-refractivity contribution in [1.82, 2.24) is 14.2 Å². The van der Waals surface area contributed by atoms with Crippen LogP contribution in [0, 0.1) is 6.92 Å². The fourth-order valence-electron chi connectivity index (χ4n) is 3.98. The van der Waals surface area contributed by atoms with E-state index in [0.717, 1.165) is 16.6 Å². The van der Waals surface area contributed by atoms with Gasteiger partial charge in [-0.3, -0.25) is 5.10 Å². The summed E-state index contributed by atoms with van der Waals surface area (Å²) in [5.74, 6) is 0.600. The molecule has 2 N–H and O–H groups in total. The molecule has 0 aliphatic heterocycles. The van der Waals surface area contributed by atoms with Crippen molar-refractivity contribution in [2.24, 2.45) is 0 Å². The van der Waals surface area contributed by atoms with E-state index in [0.29, 0.717) is 22.2 Å². The average Bonchev–Trinajstić information content (AvgIpc) is 3.39. The molecular weight excluding hydrogens is 426 g/mol. The second-order valence-corrected chi connectivity index (χ2v) is 9.38. The highest BCUT2D eigenvalue weighted by atomic mass is 32.2. The lowest BCUT2D eigenvalue weighted by Gasteiger charge is -2.17. The maximum atomic E-state index is 13.7. The van der Waals surface area contributed by atoms with E-state index in [2.05, 4.69) is 10.2 Å². The molecule has 3 aromatic carbocycles. The molecule has 1 atom stereocenters. The predicted octanol–water partition coefficient (Wildman–Crippen LogP) is 4.15. The molecule has 5 rings (SSSR count). The van der Waals surface area contributed by atoms with Gasteiger partial charge in [-0.2, -0.15) is 5.10 Å². The Balaban J connectivity index is 1.76. The van der Waals surface area contributed by atoms with Crippen molar-refractivity contribution in [3.63, 3.8) is 0 Å². The predicted molar refractivity (Wildman–Crippen MR) is 122 cm³/mol. The lowest BCUT2D eigenvalue weighted by Crippen LogP contribution is -2.18. The second kappa shape index (κ2) is 7.51. The summed E-state index contributed by atoms with van der Waals surface area (Å²) in [6.07, 6.45) is -1.18. The van der Waals surface area contributed by atoms with Crippen molar-refractivity contribution in [3.05, 3.63) is 89.7 Å². The number of nitrogens with zero attached hydrogens (tertiary/aromatic N) is 2. The largest absolute Gasteiger partial charge is 0.497 e. The van der Waals surface area contributed by atoms with Gasteiger partial charge < -0.3 is 9.84 Å². The monoisotopic (exact) mass is 447 g/mol. The van der Waals surface area contributed by atoms with Crippen LogP contribution in [0.15, 0.2) is 77.7 Å². The third-order valence-electron chi connectivity index (χ3n) is 5.65. The van der Waals surface area contributed by atoms with Crippen LogP contribution >= 0.6 is 0 Å². The summed E-state index contributed by atoms with van der Waals surface area (Å²) in [7, 11) is -2.42. The molecule has 7 nitrogen and oxygen atoms in total. The minimum atomic E-state index is -3.97. The summed E-state index contributed by atoms with van der Waals surface area (Å²) in [5.41, 5.74) is 2.93. The normalized spacial score (nSPS) is 13.0. The molecule has 2 aromatic heterocycles. The van der Waals surface area contributed by atoms with E-state index in [-0.39, 0.29) is 10.6 Å². The average molecular weight is 448 g/mol. The molecule has 2 heterocycles. The van der Waals surface area contributed by atoms with Crippen LogP contribution in [0.2, 0.25) is 0 Å². The Bertz CT molecular complexity index is 1550. The van der Waals surface area contributed by atoms with Crippen LogP contribution in [0.1, 0.15) is 23.1 Å². The van der Waals surface area contributed by atoms with Gasteiger partial charge in [0.1, 0.15) is 11.9 Å². The SMILES string of the molecule is COc1ccc2c(c1)cc(C(O)c1ccc3[nH]nc(C)c3c1)n2S(=O)(=O)c1ccccc1. The van der Waals surface area contributed by atoms with Crippen LogP contribution in [0.5, 0.6) is 5.75 Å². The number of rotatable bonds is 5. The minimum absolute atomic E-state index is 0.142. The maximum Gasteiger partial charge on any atom is 0.268 e. The standard InChI is InChI=1S/C24H21N3O4S/c1-15-20-13-16(8-10-21(20)26-25-15)24(28)23-14-17-12-18(31-2)9-11-22(17)27(23)32(29,30)19-6-4-3-5-7-19/h3-14,24,28H,1-2H3,(H,25,26). The lowest BCUT2D eigenvalue weighted by atomic mass is 10.0. The summed E-state index contributed by atoms with van der Waals surface area (Å²) in [6.45, 7) is 1.87. The number of H-pyrrole nitrogens is 1. The van der Waals surface area contributed by atoms with Gasteiger partial charge >= 0.3 is 0 Å². The topological polar surface area (TPSA) is 97.2 Å². The summed E-state index contributed by atoms with van der Waals surface area (Å²) in [4.78, 5) is 0.142. The second-order valence-electron chi connectivity index (χ2n) is 7.59. The fraction of sp³-hybridized carbons (Fsp3) is 0.125. The van der Waals surface area contributed by atoms with Crippen molar-refractivity contribution < 1.29 is 18.3 Å². The number of hydrogen-bond donors (Lipinski definition) is 2. The number of benzene rings is 3.